The molecule has 0 radical (unpaired) electrons. The van der Waals surface area contributed by atoms with Crippen LogP contribution < -0.4 is 16.4 Å². The number of carbonyl (C=O) groups is 2. The molecule has 1 aromatic carbocycles. The van der Waals surface area contributed by atoms with Gasteiger partial charge in [-0.25, -0.2) is 0 Å². The molecule has 0 aliphatic heterocycles. The molecule has 0 saturated heterocycles. The minimum absolute atomic E-state index is 0.0100. The summed E-state index contributed by atoms with van der Waals surface area (Å²) in [5, 5.41) is 5.93. The molecule has 2 aliphatic rings. The predicted octanol–water partition coefficient (Wildman–Crippen LogP) is 1.95. The van der Waals surface area contributed by atoms with E-state index in [4.69, 9.17) is 5.73 Å². The summed E-state index contributed by atoms with van der Waals surface area (Å²) in [5.41, 5.74) is 8.14. The van der Waals surface area contributed by atoms with Crippen LogP contribution >= 0.6 is 0 Å². The van der Waals surface area contributed by atoms with Gasteiger partial charge in [0.25, 0.3) is 5.91 Å². The topological polar surface area (TPSA) is 84.2 Å². The molecule has 0 bridgehead atoms. The Morgan fingerprint density at radius 3 is 2.59 bits per heavy atom. The zero-order valence-corrected chi connectivity index (χ0v) is 12.9. The minimum Gasteiger partial charge on any atom is -0.349 e. The quantitative estimate of drug-likeness (QED) is 0.794. The van der Waals surface area contributed by atoms with Crippen molar-refractivity contribution in [3.63, 3.8) is 0 Å². The Morgan fingerprint density at radius 1 is 1.18 bits per heavy atom. The van der Waals surface area contributed by atoms with Crippen molar-refractivity contribution < 1.29 is 9.59 Å². The lowest BCUT2D eigenvalue weighted by molar-refractivity contribution is -0.119. The third-order valence-corrected chi connectivity index (χ3v) is 4.51. The predicted molar refractivity (Wildman–Crippen MR) is 85.6 cm³/mol. The Bertz CT molecular complexity index is 596. The molecule has 2 aliphatic carbocycles. The van der Waals surface area contributed by atoms with E-state index in [1.165, 1.54) is 0 Å². The fourth-order valence-electron chi connectivity index (χ4n) is 2.88. The van der Waals surface area contributed by atoms with E-state index < -0.39 is 0 Å². The number of benzene rings is 1. The Labute approximate surface area is 130 Å². The van der Waals surface area contributed by atoms with Gasteiger partial charge in [-0.05, 0) is 56.7 Å². The highest BCUT2D eigenvalue weighted by atomic mass is 16.2. The second-order valence-electron chi connectivity index (χ2n) is 6.54. The molecule has 2 saturated carbocycles. The van der Waals surface area contributed by atoms with Crippen LogP contribution in [0, 0.1) is 12.8 Å². The molecule has 22 heavy (non-hydrogen) atoms. The molecule has 2 unspecified atom stereocenters. The largest absolute Gasteiger partial charge is 0.349 e. The number of anilines is 1. The zero-order chi connectivity index (χ0) is 15.7. The molecule has 3 rings (SSSR count). The van der Waals surface area contributed by atoms with Crippen LogP contribution in [0.2, 0.25) is 0 Å². The van der Waals surface area contributed by atoms with Gasteiger partial charge in [-0.1, -0.05) is 6.07 Å². The number of rotatable bonds is 4. The van der Waals surface area contributed by atoms with E-state index in [2.05, 4.69) is 10.6 Å². The number of amides is 2. The average molecular weight is 301 g/mol. The summed E-state index contributed by atoms with van der Waals surface area (Å²) in [6, 6.07) is 5.89. The van der Waals surface area contributed by atoms with Crippen molar-refractivity contribution in [3.05, 3.63) is 29.3 Å². The van der Waals surface area contributed by atoms with Crippen LogP contribution in [0.5, 0.6) is 0 Å². The maximum atomic E-state index is 12.3. The molecule has 0 spiro atoms. The average Bonchev–Trinajstić information content (AvgIpc) is 3.19. The summed E-state index contributed by atoms with van der Waals surface area (Å²) >= 11 is 0. The van der Waals surface area contributed by atoms with Crippen molar-refractivity contribution >= 4 is 17.5 Å². The maximum Gasteiger partial charge on any atom is 0.251 e. The summed E-state index contributed by atoms with van der Waals surface area (Å²) in [4.78, 5) is 24.4. The van der Waals surface area contributed by atoms with Crippen molar-refractivity contribution in [1.29, 1.82) is 0 Å². The van der Waals surface area contributed by atoms with Crippen molar-refractivity contribution in [2.24, 2.45) is 11.7 Å². The number of nitrogens with one attached hydrogen (secondary N) is 2. The summed E-state index contributed by atoms with van der Waals surface area (Å²) < 4.78 is 0. The molecule has 0 heterocycles. The van der Waals surface area contributed by atoms with E-state index in [0.717, 1.165) is 37.7 Å². The first-order valence-electron chi connectivity index (χ1n) is 8.01. The van der Waals surface area contributed by atoms with Crippen LogP contribution in [0.15, 0.2) is 18.2 Å². The van der Waals surface area contributed by atoms with E-state index in [1.54, 1.807) is 12.1 Å². The highest BCUT2D eigenvalue weighted by Crippen LogP contribution is 2.27. The van der Waals surface area contributed by atoms with E-state index in [9.17, 15) is 9.59 Å². The first-order chi connectivity index (χ1) is 10.5. The third kappa shape index (κ3) is 3.47. The monoisotopic (exact) mass is 301 g/mol. The van der Waals surface area contributed by atoms with E-state index in [-0.39, 0.29) is 23.8 Å². The van der Waals surface area contributed by atoms with Gasteiger partial charge in [0.15, 0.2) is 0 Å². The fourth-order valence-corrected chi connectivity index (χ4v) is 2.88. The normalized spacial score (nSPS) is 24.1. The first kappa shape index (κ1) is 15.0. The maximum absolute atomic E-state index is 12.3. The van der Waals surface area contributed by atoms with E-state index in [1.807, 2.05) is 13.0 Å². The second kappa shape index (κ2) is 6.08. The Balaban J connectivity index is 1.69. The molecule has 1 aromatic rings. The Morgan fingerprint density at radius 2 is 1.95 bits per heavy atom. The smallest absolute Gasteiger partial charge is 0.251 e. The van der Waals surface area contributed by atoms with Crippen LogP contribution in [0.1, 0.15) is 48.0 Å². The summed E-state index contributed by atoms with van der Waals surface area (Å²) in [6.45, 7) is 1.93. The number of aryl methyl sites for hydroxylation is 1. The molecular weight excluding hydrogens is 278 g/mol. The molecule has 4 N–H and O–H groups in total. The van der Waals surface area contributed by atoms with Crippen LogP contribution in [-0.4, -0.2) is 23.9 Å². The van der Waals surface area contributed by atoms with Crippen molar-refractivity contribution in [1.82, 2.24) is 5.32 Å². The molecule has 5 nitrogen and oxygen atoms in total. The van der Waals surface area contributed by atoms with Crippen LogP contribution in [0.4, 0.5) is 5.69 Å². The molecule has 2 fully saturated rings. The Hall–Kier alpha value is -1.88. The molecule has 0 aromatic heterocycles. The second-order valence-corrected chi connectivity index (χ2v) is 6.54. The van der Waals surface area contributed by atoms with Gasteiger partial charge in [-0.3, -0.25) is 9.59 Å². The molecule has 2 amide bonds. The van der Waals surface area contributed by atoms with Gasteiger partial charge in [0.2, 0.25) is 5.91 Å². The number of hydrogen-bond acceptors (Lipinski definition) is 3. The summed E-state index contributed by atoms with van der Waals surface area (Å²) in [5.74, 6) is -0.0740. The van der Waals surface area contributed by atoms with Crippen LogP contribution in [0.3, 0.4) is 0 Å². The van der Waals surface area contributed by atoms with Gasteiger partial charge < -0.3 is 16.4 Å². The lowest BCUT2D eigenvalue weighted by Gasteiger charge is -2.14. The molecule has 2 atom stereocenters. The van der Waals surface area contributed by atoms with Gasteiger partial charge in [0, 0.05) is 29.3 Å². The first-order valence-corrected chi connectivity index (χ1v) is 8.01. The Kier molecular flexibility index (Phi) is 4.16. The minimum atomic E-state index is -0.0686. The third-order valence-electron chi connectivity index (χ3n) is 4.51. The van der Waals surface area contributed by atoms with Crippen molar-refractivity contribution in [2.45, 2.75) is 51.1 Å². The van der Waals surface area contributed by atoms with Crippen molar-refractivity contribution in [2.75, 3.05) is 5.32 Å². The molecular formula is C17H23N3O2. The summed E-state index contributed by atoms with van der Waals surface area (Å²) in [6.07, 6.45) is 4.60. The highest BCUT2D eigenvalue weighted by Gasteiger charge is 2.28. The van der Waals surface area contributed by atoms with Crippen LogP contribution in [0.25, 0.3) is 0 Å². The summed E-state index contributed by atoms with van der Waals surface area (Å²) in [7, 11) is 0. The standard InChI is InChI=1S/C17H23N3O2/c1-10-2-3-12(16(21)19-14-6-7-14)9-15(10)20-17(22)11-4-5-13(18)8-11/h2-3,9,11,13-14H,4-8,18H2,1H3,(H,19,21)(H,20,22). The zero-order valence-electron chi connectivity index (χ0n) is 12.9. The highest BCUT2D eigenvalue weighted by molar-refractivity contribution is 5.98. The van der Waals surface area contributed by atoms with Crippen molar-refractivity contribution in [3.8, 4) is 0 Å². The number of hydrogen-bond donors (Lipinski definition) is 3. The van der Waals surface area contributed by atoms with Gasteiger partial charge in [0.1, 0.15) is 0 Å². The number of carbonyl (C=O) groups excluding carboxylic acids is 2. The molecule has 118 valence electrons. The van der Waals surface area contributed by atoms with E-state index in [0.29, 0.717) is 17.3 Å². The van der Waals surface area contributed by atoms with Gasteiger partial charge >= 0.3 is 0 Å². The van der Waals surface area contributed by atoms with Gasteiger partial charge in [-0.15, -0.1) is 0 Å². The van der Waals surface area contributed by atoms with Gasteiger partial charge in [-0.2, -0.15) is 0 Å². The SMILES string of the molecule is Cc1ccc(C(=O)NC2CC2)cc1NC(=O)C1CCC(N)C1. The molecule has 5 heteroatoms. The number of nitrogens with two attached hydrogens (primary N) is 1. The lowest BCUT2D eigenvalue weighted by atomic mass is 10.1. The lowest BCUT2D eigenvalue weighted by Crippen LogP contribution is -2.26. The van der Waals surface area contributed by atoms with E-state index >= 15 is 0 Å². The van der Waals surface area contributed by atoms with Crippen LogP contribution in [-0.2, 0) is 4.79 Å². The van der Waals surface area contributed by atoms with Gasteiger partial charge in [0.05, 0.1) is 0 Å². The fraction of sp³-hybridized carbons (Fsp3) is 0.529.